The lowest BCUT2D eigenvalue weighted by molar-refractivity contribution is 0.0978. The van der Waals surface area contributed by atoms with E-state index in [-0.39, 0.29) is 16.9 Å². The van der Waals surface area contributed by atoms with Crippen LogP contribution in [0.2, 0.25) is 0 Å². The lowest BCUT2D eigenvalue weighted by Gasteiger charge is -2.46. The van der Waals surface area contributed by atoms with Crippen molar-refractivity contribution in [2.75, 3.05) is 11.9 Å². The maximum Gasteiger partial charge on any atom is 0.257 e. The molecule has 5 heteroatoms. The van der Waals surface area contributed by atoms with Crippen LogP contribution in [0.3, 0.4) is 0 Å². The van der Waals surface area contributed by atoms with Crippen LogP contribution in [0.5, 0.6) is 0 Å². The van der Waals surface area contributed by atoms with Crippen LogP contribution in [0.25, 0.3) is 0 Å². The molecule has 5 nitrogen and oxygen atoms in total. The van der Waals surface area contributed by atoms with Crippen LogP contribution < -0.4 is 5.32 Å². The molecule has 3 aromatic rings. The van der Waals surface area contributed by atoms with E-state index < -0.39 is 0 Å². The first kappa shape index (κ1) is 20.7. The van der Waals surface area contributed by atoms with E-state index >= 15 is 0 Å². The average molecular weight is 442 g/mol. The number of pyridine rings is 1. The Labute approximate surface area is 195 Å². The molecule has 0 radical (unpaired) electrons. The minimum Gasteiger partial charge on any atom is -0.370 e. The van der Waals surface area contributed by atoms with Crippen LogP contribution in [-0.2, 0) is 23.1 Å². The molecule has 1 amide bonds. The summed E-state index contributed by atoms with van der Waals surface area (Å²) in [6.07, 6.45) is 10.6. The van der Waals surface area contributed by atoms with E-state index in [1.807, 2.05) is 19.1 Å². The molecule has 2 fully saturated rings. The van der Waals surface area contributed by atoms with Gasteiger partial charge in [-0.25, -0.2) is 0 Å². The second-order valence-electron chi connectivity index (χ2n) is 10.2. The third-order valence-corrected chi connectivity index (χ3v) is 8.22. The summed E-state index contributed by atoms with van der Waals surface area (Å²) in [5, 5.41) is 3.07. The Morgan fingerprint density at radius 3 is 2.85 bits per heavy atom. The fourth-order valence-electron chi connectivity index (χ4n) is 6.33. The minimum atomic E-state index is -0.0594. The van der Waals surface area contributed by atoms with Crippen molar-refractivity contribution in [3.05, 3.63) is 83.4 Å². The van der Waals surface area contributed by atoms with Gasteiger partial charge in [-0.2, -0.15) is 0 Å². The van der Waals surface area contributed by atoms with Crippen LogP contribution in [0.1, 0.15) is 59.4 Å². The number of benzene rings is 1. The Morgan fingerprint density at radius 1 is 1.21 bits per heavy atom. The Bertz CT molecular complexity index is 1180. The Hall–Kier alpha value is -2.92. The number of ether oxygens (including phenoxy) is 1. The number of amides is 1. The quantitative estimate of drug-likeness (QED) is 0.560. The molecule has 1 N–H and O–H groups in total. The first-order valence-electron chi connectivity index (χ1n) is 12.2. The van der Waals surface area contributed by atoms with Gasteiger partial charge in [0, 0.05) is 30.0 Å². The van der Waals surface area contributed by atoms with Crippen LogP contribution in [0, 0.1) is 12.8 Å². The van der Waals surface area contributed by atoms with Gasteiger partial charge in [-0.15, -0.1) is 0 Å². The van der Waals surface area contributed by atoms with Crippen LogP contribution in [-0.4, -0.2) is 27.7 Å². The molecule has 1 saturated carbocycles. The summed E-state index contributed by atoms with van der Waals surface area (Å²) in [5.41, 5.74) is 5.21. The molecular formula is C28H31N3O2. The van der Waals surface area contributed by atoms with Crippen molar-refractivity contribution in [3.63, 3.8) is 0 Å². The molecule has 1 spiro atoms. The third kappa shape index (κ3) is 3.68. The van der Waals surface area contributed by atoms with E-state index in [1.54, 1.807) is 6.20 Å². The van der Waals surface area contributed by atoms with Crippen LogP contribution in [0.15, 0.2) is 60.9 Å². The zero-order chi connectivity index (χ0) is 22.5. The number of carbonyl (C=O) groups excluding carboxylic acids is 1. The second-order valence-corrected chi connectivity index (χ2v) is 10.2. The molecule has 4 heterocycles. The van der Waals surface area contributed by atoms with Crippen LogP contribution >= 0.6 is 0 Å². The van der Waals surface area contributed by atoms with Gasteiger partial charge in [0.1, 0.15) is 0 Å². The van der Waals surface area contributed by atoms with Gasteiger partial charge in [-0.3, -0.25) is 9.78 Å². The number of aromatic nitrogens is 2. The minimum absolute atomic E-state index is 0.0395. The highest BCUT2D eigenvalue weighted by Gasteiger charge is 2.57. The summed E-state index contributed by atoms with van der Waals surface area (Å²) in [6, 6.07) is 16.8. The Morgan fingerprint density at radius 2 is 2.06 bits per heavy atom. The topological polar surface area (TPSA) is 59.5 Å². The van der Waals surface area contributed by atoms with Crippen molar-refractivity contribution >= 4 is 11.6 Å². The molecule has 33 heavy (non-hydrogen) atoms. The average Bonchev–Trinajstić information content (AvgIpc) is 3.47. The number of nitrogens with zero attached hydrogens (tertiary/aromatic N) is 2. The number of anilines is 1. The number of carbonyl (C=O) groups is 1. The van der Waals surface area contributed by atoms with E-state index in [0.717, 1.165) is 62.2 Å². The summed E-state index contributed by atoms with van der Waals surface area (Å²) in [5.74, 6) is 0.512. The molecule has 1 aromatic carbocycles. The first-order valence-corrected chi connectivity index (χ1v) is 12.2. The molecule has 170 valence electrons. The number of epoxide rings is 1. The zero-order valence-corrected chi connectivity index (χ0v) is 19.2. The molecular weight excluding hydrogens is 410 g/mol. The molecule has 0 unspecified atom stereocenters. The molecule has 3 atom stereocenters. The fourth-order valence-corrected chi connectivity index (χ4v) is 6.33. The molecule has 1 aliphatic carbocycles. The largest absolute Gasteiger partial charge is 0.370 e. The van der Waals surface area contributed by atoms with E-state index in [0.29, 0.717) is 5.92 Å². The molecule has 3 aliphatic rings. The molecule has 6 rings (SSSR count). The summed E-state index contributed by atoms with van der Waals surface area (Å²) in [7, 11) is 0. The zero-order valence-electron chi connectivity index (χ0n) is 19.2. The summed E-state index contributed by atoms with van der Waals surface area (Å²) in [4.78, 5) is 17.5. The normalized spacial score (nSPS) is 28.0. The Balaban J connectivity index is 1.38. The first-order chi connectivity index (χ1) is 16.1. The van der Waals surface area contributed by atoms with Gasteiger partial charge >= 0.3 is 0 Å². The predicted octanol–water partition coefficient (Wildman–Crippen LogP) is 5.29. The molecule has 1 saturated heterocycles. The third-order valence-electron chi connectivity index (χ3n) is 8.22. The smallest absolute Gasteiger partial charge is 0.257 e. The van der Waals surface area contributed by atoms with Crippen molar-refractivity contribution in [2.45, 2.75) is 63.0 Å². The van der Waals surface area contributed by atoms with Crippen molar-refractivity contribution < 1.29 is 9.53 Å². The SMILES string of the molecule is Cc1ncccc1NC(=O)c1cc2n(c1)CCC[C@H]1C[C@]3(CC[C@@]21Cc1ccccc1)CO3. The predicted molar refractivity (Wildman–Crippen MR) is 128 cm³/mol. The second kappa shape index (κ2) is 7.84. The number of rotatable bonds is 4. The maximum atomic E-state index is 13.2. The standard InChI is InChI=1S/C28H31N3O2/c1-20-24(10-5-13-29-20)30-26(32)22-15-25-28(16-21-7-3-2-4-8-21)12-11-27(19-33-27)17-23(28)9-6-14-31(25)18-22/h2-5,7-8,10,13,15,18,23H,6,9,11-12,14,16-17,19H2,1H3,(H,30,32)/t23-,27+,28-/m0/s1. The number of nitrogens with one attached hydrogen (secondary N) is 1. The summed E-state index contributed by atoms with van der Waals surface area (Å²) >= 11 is 0. The van der Waals surface area contributed by atoms with Gasteiger partial charge in [-0.1, -0.05) is 30.3 Å². The lowest BCUT2D eigenvalue weighted by Crippen LogP contribution is -2.45. The van der Waals surface area contributed by atoms with Gasteiger partial charge < -0.3 is 14.6 Å². The molecule has 2 aliphatic heterocycles. The summed E-state index contributed by atoms with van der Waals surface area (Å²) < 4.78 is 8.33. The summed E-state index contributed by atoms with van der Waals surface area (Å²) in [6.45, 7) is 3.81. The van der Waals surface area contributed by atoms with Crippen LogP contribution in [0.4, 0.5) is 5.69 Å². The number of aryl methyl sites for hydroxylation is 2. The van der Waals surface area contributed by atoms with Gasteiger partial charge in [0.2, 0.25) is 0 Å². The highest BCUT2D eigenvalue weighted by Crippen LogP contribution is 2.56. The number of hydrogen-bond acceptors (Lipinski definition) is 3. The molecule has 2 aromatic heterocycles. The van der Waals surface area contributed by atoms with E-state index in [9.17, 15) is 4.79 Å². The monoisotopic (exact) mass is 441 g/mol. The van der Waals surface area contributed by atoms with Crippen molar-refractivity contribution in [1.29, 1.82) is 0 Å². The van der Waals surface area contributed by atoms with Gasteiger partial charge in [0.25, 0.3) is 5.91 Å². The lowest BCUT2D eigenvalue weighted by atomic mass is 9.58. The number of fused-ring (bicyclic) bond motifs is 3. The maximum absolute atomic E-state index is 13.2. The van der Waals surface area contributed by atoms with E-state index in [1.165, 1.54) is 17.7 Å². The fraction of sp³-hybridized carbons (Fsp3) is 0.429. The van der Waals surface area contributed by atoms with Gasteiger partial charge in [0.15, 0.2) is 0 Å². The highest BCUT2D eigenvalue weighted by atomic mass is 16.6. The van der Waals surface area contributed by atoms with Crippen molar-refractivity contribution in [3.8, 4) is 0 Å². The van der Waals surface area contributed by atoms with Crippen molar-refractivity contribution in [2.24, 2.45) is 5.92 Å². The highest BCUT2D eigenvalue weighted by molar-refractivity contribution is 6.04. The van der Waals surface area contributed by atoms with E-state index in [4.69, 9.17) is 4.74 Å². The Kier molecular flexibility index (Phi) is 4.91. The van der Waals surface area contributed by atoms with Crippen molar-refractivity contribution in [1.82, 2.24) is 9.55 Å². The van der Waals surface area contributed by atoms with Gasteiger partial charge in [0.05, 0.1) is 29.2 Å². The van der Waals surface area contributed by atoms with E-state index in [2.05, 4.69) is 57.5 Å². The number of hydrogen-bond donors (Lipinski definition) is 1. The molecule has 0 bridgehead atoms. The van der Waals surface area contributed by atoms with Gasteiger partial charge in [-0.05, 0) is 75.1 Å².